The Hall–Kier alpha value is -2.93. The molecular weight excluding hydrogens is 378 g/mol. The van der Waals surface area contributed by atoms with Gasteiger partial charge in [0.05, 0.1) is 0 Å². The van der Waals surface area contributed by atoms with Crippen LogP contribution in [0.25, 0.3) is 11.4 Å². The molecule has 2 heterocycles. The van der Waals surface area contributed by atoms with Crippen molar-refractivity contribution in [2.75, 3.05) is 13.1 Å². The van der Waals surface area contributed by atoms with Gasteiger partial charge in [-0.2, -0.15) is 4.80 Å². The molecule has 2 aromatic carbocycles. The van der Waals surface area contributed by atoms with Crippen molar-refractivity contribution >= 4 is 17.5 Å². The number of nitrogens with zero attached hydrogens (tertiary/aromatic N) is 5. The van der Waals surface area contributed by atoms with Gasteiger partial charge in [-0.1, -0.05) is 23.7 Å². The van der Waals surface area contributed by atoms with Crippen LogP contribution in [-0.4, -0.2) is 49.2 Å². The van der Waals surface area contributed by atoms with E-state index in [1.54, 1.807) is 24.3 Å². The van der Waals surface area contributed by atoms with E-state index in [0.29, 0.717) is 29.9 Å². The number of rotatable bonds is 4. The van der Waals surface area contributed by atoms with Crippen LogP contribution in [0.2, 0.25) is 5.02 Å². The summed E-state index contributed by atoms with van der Waals surface area (Å²) in [7, 11) is 0. The van der Waals surface area contributed by atoms with E-state index in [0.717, 1.165) is 18.4 Å². The average Bonchev–Trinajstić information content (AvgIpc) is 3.18. The molecule has 1 saturated heterocycles. The lowest BCUT2D eigenvalue weighted by atomic mass is 9.89. The second-order valence-corrected chi connectivity index (χ2v) is 7.33. The Labute approximate surface area is 167 Å². The van der Waals surface area contributed by atoms with Crippen molar-refractivity contribution in [2.24, 2.45) is 0 Å². The van der Waals surface area contributed by atoms with E-state index in [1.807, 2.05) is 29.2 Å². The van der Waals surface area contributed by atoms with Gasteiger partial charge >= 0.3 is 0 Å². The van der Waals surface area contributed by atoms with Crippen molar-refractivity contribution in [3.63, 3.8) is 0 Å². The molecule has 0 saturated carbocycles. The number of hydrogen-bond donors (Lipinski definition) is 1. The standard InChI is InChI=1S/C20H20ClN5O2/c21-17-5-1-16(2-6-17)20-22-24-26(23-20)13-19(28)25-11-9-15(10-12-25)14-3-7-18(27)8-4-14/h1-8,15,27H,9-13H2. The molecule has 1 aromatic heterocycles. The molecule has 8 heteroatoms. The number of phenols is 1. The summed E-state index contributed by atoms with van der Waals surface area (Å²) in [6, 6.07) is 14.5. The maximum Gasteiger partial charge on any atom is 0.246 e. The van der Waals surface area contributed by atoms with Crippen LogP contribution in [0.5, 0.6) is 5.75 Å². The SMILES string of the molecule is O=C(Cn1nnc(-c2ccc(Cl)cc2)n1)N1CCC(c2ccc(O)cc2)CC1. The molecule has 0 radical (unpaired) electrons. The number of likely N-dealkylation sites (tertiary alicyclic amines) is 1. The number of benzene rings is 2. The number of phenolic OH excluding ortho intramolecular Hbond substituents is 1. The van der Waals surface area contributed by atoms with Crippen LogP contribution in [0, 0.1) is 0 Å². The number of hydrogen-bond acceptors (Lipinski definition) is 5. The van der Waals surface area contributed by atoms with E-state index < -0.39 is 0 Å². The molecule has 1 fully saturated rings. The van der Waals surface area contributed by atoms with Crippen LogP contribution >= 0.6 is 11.6 Å². The van der Waals surface area contributed by atoms with Gasteiger partial charge in [-0.05, 0) is 65.9 Å². The quantitative estimate of drug-likeness (QED) is 0.731. The van der Waals surface area contributed by atoms with Crippen molar-refractivity contribution in [1.29, 1.82) is 0 Å². The number of piperidine rings is 1. The second-order valence-electron chi connectivity index (χ2n) is 6.90. The predicted molar refractivity (Wildman–Crippen MR) is 105 cm³/mol. The van der Waals surface area contributed by atoms with Gasteiger partial charge in [0.15, 0.2) is 0 Å². The fourth-order valence-electron chi connectivity index (χ4n) is 3.45. The number of tetrazole rings is 1. The van der Waals surface area contributed by atoms with Gasteiger partial charge in [0.1, 0.15) is 12.3 Å². The normalized spacial score (nSPS) is 15.0. The van der Waals surface area contributed by atoms with Crippen molar-refractivity contribution in [3.05, 3.63) is 59.1 Å². The Kier molecular flexibility index (Phi) is 5.25. The Morgan fingerprint density at radius 2 is 1.75 bits per heavy atom. The van der Waals surface area contributed by atoms with Gasteiger partial charge in [0.2, 0.25) is 11.7 Å². The van der Waals surface area contributed by atoms with E-state index in [4.69, 9.17) is 11.6 Å². The van der Waals surface area contributed by atoms with E-state index in [2.05, 4.69) is 15.4 Å². The first-order valence-electron chi connectivity index (χ1n) is 9.19. The lowest BCUT2D eigenvalue weighted by Crippen LogP contribution is -2.40. The van der Waals surface area contributed by atoms with Gasteiger partial charge < -0.3 is 10.0 Å². The third kappa shape index (κ3) is 4.14. The van der Waals surface area contributed by atoms with E-state index >= 15 is 0 Å². The summed E-state index contributed by atoms with van der Waals surface area (Å²) in [6.45, 7) is 1.47. The second kappa shape index (κ2) is 7.98. The molecule has 144 valence electrons. The first-order chi connectivity index (χ1) is 13.6. The number of halogens is 1. The highest BCUT2D eigenvalue weighted by Crippen LogP contribution is 2.29. The topological polar surface area (TPSA) is 84.1 Å². The number of aromatic hydroxyl groups is 1. The van der Waals surface area contributed by atoms with Crippen molar-refractivity contribution in [2.45, 2.75) is 25.3 Å². The molecule has 28 heavy (non-hydrogen) atoms. The van der Waals surface area contributed by atoms with Crippen LogP contribution < -0.4 is 0 Å². The molecular formula is C20H20ClN5O2. The molecule has 4 rings (SSSR count). The third-order valence-corrected chi connectivity index (χ3v) is 5.30. The minimum Gasteiger partial charge on any atom is -0.508 e. The Balaban J connectivity index is 1.33. The third-order valence-electron chi connectivity index (χ3n) is 5.04. The molecule has 1 amide bonds. The predicted octanol–water partition coefficient (Wildman–Crippen LogP) is 3.11. The number of carbonyl (C=O) groups is 1. The molecule has 3 aromatic rings. The van der Waals surface area contributed by atoms with Crippen molar-refractivity contribution in [1.82, 2.24) is 25.1 Å². The molecule has 0 unspecified atom stereocenters. The first-order valence-corrected chi connectivity index (χ1v) is 9.57. The monoisotopic (exact) mass is 397 g/mol. The number of aromatic nitrogens is 4. The first kappa shape index (κ1) is 18.4. The molecule has 1 aliphatic rings. The van der Waals surface area contributed by atoms with Gasteiger partial charge in [-0.25, -0.2) is 0 Å². The van der Waals surface area contributed by atoms with Crippen LogP contribution in [0.15, 0.2) is 48.5 Å². The maximum absolute atomic E-state index is 12.6. The summed E-state index contributed by atoms with van der Waals surface area (Å²) in [6.07, 6.45) is 1.80. The van der Waals surface area contributed by atoms with Crippen LogP contribution in [-0.2, 0) is 11.3 Å². The average molecular weight is 398 g/mol. The largest absolute Gasteiger partial charge is 0.508 e. The smallest absolute Gasteiger partial charge is 0.246 e. The molecule has 0 spiro atoms. The highest BCUT2D eigenvalue weighted by molar-refractivity contribution is 6.30. The lowest BCUT2D eigenvalue weighted by Gasteiger charge is -2.32. The highest BCUT2D eigenvalue weighted by atomic mass is 35.5. The Bertz CT molecular complexity index is 947. The summed E-state index contributed by atoms with van der Waals surface area (Å²) >= 11 is 5.89. The molecule has 0 bridgehead atoms. The number of amides is 1. The zero-order valence-electron chi connectivity index (χ0n) is 15.2. The van der Waals surface area contributed by atoms with Crippen LogP contribution in [0.4, 0.5) is 0 Å². The fourth-order valence-corrected chi connectivity index (χ4v) is 3.58. The van der Waals surface area contributed by atoms with Crippen molar-refractivity contribution < 1.29 is 9.90 Å². The fraction of sp³-hybridized carbons (Fsp3) is 0.300. The molecule has 7 nitrogen and oxygen atoms in total. The van der Waals surface area contributed by atoms with E-state index in [9.17, 15) is 9.90 Å². The van der Waals surface area contributed by atoms with E-state index in [1.165, 1.54) is 10.4 Å². The zero-order chi connectivity index (χ0) is 19.5. The summed E-state index contributed by atoms with van der Waals surface area (Å²) < 4.78 is 0. The van der Waals surface area contributed by atoms with Crippen molar-refractivity contribution in [3.8, 4) is 17.1 Å². The van der Waals surface area contributed by atoms with Gasteiger partial charge in [-0.15, -0.1) is 10.2 Å². The zero-order valence-corrected chi connectivity index (χ0v) is 16.0. The summed E-state index contributed by atoms with van der Waals surface area (Å²) in [5.74, 6) is 1.14. The molecule has 1 N–H and O–H groups in total. The minimum atomic E-state index is -0.00999. The van der Waals surface area contributed by atoms with Crippen LogP contribution in [0.1, 0.15) is 24.3 Å². The summed E-state index contributed by atoms with van der Waals surface area (Å²) in [5, 5.41) is 22.4. The highest BCUT2D eigenvalue weighted by Gasteiger charge is 2.24. The summed E-state index contributed by atoms with van der Waals surface area (Å²) in [5.41, 5.74) is 2.01. The maximum atomic E-state index is 12.6. The van der Waals surface area contributed by atoms with Gasteiger partial charge in [-0.3, -0.25) is 4.79 Å². The Morgan fingerprint density at radius 3 is 2.43 bits per heavy atom. The van der Waals surface area contributed by atoms with Gasteiger partial charge in [0.25, 0.3) is 0 Å². The Morgan fingerprint density at radius 1 is 1.07 bits per heavy atom. The molecule has 1 aliphatic heterocycles. The minimum absolute atomic E-state index is 0.00999. The van der Waals surface area contributed by atoms with Gasteiger partial charge in [0, 0.05) is 23.7 Å². The lowest BCUT2D eigenvalue weighted by molar-refractivity contribution is -0.133. The number of carbonyl (C=O) groups excluding carboxylic acids is 1. The van der Waals surface area contributed by atoms with E-state index in [-0.39, 0.29) is 18.2 Å². The molecule has 0 aliphatic carbocycles. The van der Waals surface area contributed by atoms with Crippen LogP contribution in [0.3, 0.4) is 0 Å². The summed E-state index contributed by atoms with van der Waals surface area (Å²) in [4.78, 5) is 15.8. The molecule has 0 atom stereocenters.